The highest BCUT2D eigenvalue weighted by atomic mass is 16.5. The fraction of sp³-hybridized carbons (Fsp3) is 0.273. The molecule has 0 radical (unpaired) electrons. The zero-order chi connectivity index (χ0) is 11.8. The number of nitrogen functional groups attached to an aromatic ring is 1. The third-order valence-corrected chi connectivity index (χ3v) is 1.68. The van der Waals surface area contributed by atoms with Crippen LogP contribution in [-0.4, -0.2) is 24.2 Å². The van der Waals surface area contributed by atoms with Crippen LogP contribution >= 0.6 is 0 Å². The molecule has 0 atom stereocenters. The lowest BCUT2D eigenvalue weighted by Gasteiger charge is -2.04. The van der Waals surface area contributed by atoms with Gasteiger partial charge in [0.05, 0.1) is 6.61 Å². The van der Waals surface area contributed by atoms with Gasteiger partial charge in [0.25, 0.3) is 0 Å². The van der Waals surface area contributed by atoms with E-state index in [4.69, 9.17) is 15.2 Å². The number of carbonyl (C=O) groups is 1. The molecule has 0 fully saturated rings. The normalized spacial score (nSPS) is 10.3. The van der Waals surface area contributed by atoms with Gasteiger partial charge in [0.15, 0.2) is 11.6 Å². The van der Waals surface area contributed by atoms with Crippen molar-refractivity contribution in [2.45, 2.75) is 6.92 Å². The van der Waals surface area contributed by atoms with Crippen molar-refractivity contribution in [2.24, 2.45) is 0 Å². The van der Waals surface area contributed by atoms with Crippen LogP contribution in [0.3, 0.4) is 0 Å². The van der Waals surface area contributed by atoms with Crippen LogP contribution in [0.4, 0.5) is 5.82 Å². The SMILES string of the molecule is CCOC(=O)/C=C/COc1cccnc1N. The molecule has 16 heavy (non-hydrogen) atoms. The van der Waals surface area contributed by atoms with E-state index in [9.17, 15) is 4.79 Å². The first-order valence-electron chi connectivity index (χ1n) is 4.90. The summed E-state index contributed by atoms with van der Waals surface area (Å²) in [7, 11) is 0. The summed E-state index contributed by atoms with van der Waals surface area (Å²) in [4.78, 5) is 14.8. The molecule has 1 rings (SSSR count). The van der Waals surface area contributed by atoms with E-state index in [0.29, 0.717) is 18.2 Å². The van der Waals surface area contributed by atoms with Gasteiger partial charge in [0.1, 0.15) is 6.61 Å². The zero-order valence-corrected chi connectivity index (χ0v) is 9.05. The van der Waals surface area contributed by atoms with E-state index < -0.39 is 0 Å². The second-order valence-corrected chi connectivity index (χ2v) is 2.85. The van der Waals surface area contributed by atoms with Crippen LogP contribution in [0.1, 0.15) is 6.92 Å². The Morgan fingerprint density at radius 3 is 3.12 bits per heavy atom. The van der Waals surface area contributed by atoms with Crippen molar-refractivity contribution in [3.8, 4) is 5.75 Å². The molecule has 0 aliphatic heterocycles. The lowest BCUT2D eigenvalue weighted by Crippen LogP contribution is -2.02. The summed E-state index contributed by atoms with van der Waals surface area (Å²) >= 11 is 0. The maximum Gasteiger partial charge on any atom is 0.330 e. The Labute approximate surface area is 93.9 Å². The summed E-state index contributed by atoms with van der Waals surface area (Å²) in [5, 5.41) is 0. The lowest BCUT2D eigenvalue weighted by molar-refractivity contribution is -0.137. The molecule has 2 N–H and O–H groups in total. The topological polar surface area (TPSA) is 74.4 Å². The van der Waals surface area contributed by atoms with Crippen LogP contribution in [0.5, 0.6) is 5.75 Å². The number of esters is 1. The maximum atomic E-state index is 10.9. The molecule has 5 heteroatoms. The maximum absolute atomic E-state index is 10.9. The van der Waals surface area contributed by atoms with Gasteiger partial charge in [-0.3, -0.25) is 0 Å². The van der Waals surface area contributed by atoms with Gasteiger partial charge in [-0.25, -0.2) is 9.78 Å². The Morgan fingerprint density at radius 1 is 1.62 bits per heavy atom. The Morgan fingerprint density at radius 2 is 2.44 bits per heavy atom. The van der Waals surface area contributed by atoms with E-state index in [1.165, 1.54) is 6.08 Å². The van der Waals surface area contributed by atoms with Crippen LogP contribution in [0.25, 0.3) is 0 Å². The molecule has 0 amide bonds. The number of pyridine rings is 1. The molecule has 0 aromatic carbocycles. The molecule has 1 aromatic rings. The number of ether oxygens (including phenoxy) is 2. The predicted octanol–water partition coefficient (Wildman–Crippen LogP) is 1.16. The summed E-state index contributed by atoms with van der Waals surface area (Å²) in [5.41, 5.74) is 5.56. The molecular weight excluding hydrogens is 208 g/mol. The van der Waals surface area contributed by atoms with E-state index in [2.05, 4.69) is 4.98 Å². The van der Waals surface area contributed by atoms with E-state index >= 15 is 0 Å². The number of rotatable bonds is 5. The average molecular weight is 222 g/mol. The second-order valence-electron chi connectivity index (χ2n) is 2.85. The molecule has 0 aliphatic carbocycles. The summed E-state index contributed by atoms with van der Waals surface area (Å²) in [6.07, 6.45) is 4.46. The molecule has 0 spiro atoms. The summed E-state index contributed by atoms with van der Waals surface area (Å²) in [5.74, 6) is 0.438. The molecular formula is C11H14N2O3. The summed E-state index contributed by atoms with van der Waals surface area (Å²) in [6, 6.07) is 3.43. The standard InChI is InChI=1S/C11H14N2O3/c1-2-15-10(14)6-4-8-16-9-5-3-7-13-11(9)12/h3-7H,2,8H2,1H3,(H2,12,13)/b6-4+. The molecule has 86 valence electrons. The Hall–Kier alpha value is -2.04. The first-order chi connectivity index (χ1) is 7.74. The number of carbonyl (C=O) groups excluding carboxylic acids is 1. The minimum atomic E-state index is -0.384. The highest BCUT2D eigenvalue weighted by Gasteiger charge is 1.98. The molecule has 0 bridgehead atoms. The van der Waals surface area contributed by atoms with Gasteiger partial charge in [0, 0.05) is 12.3 Å². The smallest absolute Gasteiger partial charge is 0.330 e. The molecule has 0 saturated carbocycles. The number of nitrogens with two attached hydrogens (primary N) is 1. The monoisotopic (exact) mass is 222 g/mol. The highest BCUT2D eigenvalue weighted by molar-refractivity contribution is 5.81. The van der Waals surface area contributed by atoms with Crippen molar-refractivity contribution in [3.05, 3.63) is 30.5 Å². The fourth-order valence-electron chi connectivity index (χ4n) is 0.997. The molecule has 0 aliphatic rings. The van der Waals surface area contributed by atoms with Crippen molar-refractivity contribution < 1.29 is 14.3 Å². The van der Waals surface area contributed by atoms with Crippen molar-refractivity contribution in [1.82, 2.24) is 4.98 Å². The molecule has 0 unspecified atom stereocenters. The first-order valence-corrected chi connectivity index (χ1v) is 4.90. The Kier molecular flexibility index (Phi) is 4.85. The van der Waals surface area contributed by atoms with Gasteiger partial charge in [0.2, 0.25) is 0 Å². The van der Waals surface area contributed by atoms with E-state index in [1.807, 2.05) is 0 Å². The second kappa shape index (κ2) is 6.44. The van der Waals surface area contributed by atoms with Crippen LogP contribution in [0, 0.1) is 0 Å². The average Bonchev–Trinajstić information content (AvgIpc) is 2.27. The van der Waals surface area contributed by atoms with Gasteiger partial charge in [-0.2, -0.15) is 0 Å². The van der Waals surface area contributed by atoms with E-state index in [1.54, 1.807) is 31.3 Å². The summed E-state index contributed by atoms with van der Waals surface area (Å²) in [6.45, 7) is 2.35. The van der Waals surface area contributed by atoms with Gasteiger partial charge in [-0.15, -0.1) is 0 Å². The van der Waals surface area contributed by atoms with E-state index in [0.717, 1.165) is 0 Å². The third kappa shape index (κ3) is 4.00. The first kappa shape index (κ1) is 12.0. The largest absolute Gasteiger partial charge is 0.486 e. The molecule has 1 aromatic heterocycles. The molecule has 1 heterocycles. The number of anilines is 1. The van der Waals surface area contributed by atoms with Gasteiger partial charge in [-0.05, 0) is 25.1 Å². The van der Waals surface area contributed by atoms with Crippen molar-refractivity contribution >= 4 is 11.8 Å². The van der Waals surface area contributed by atoms with Gasteiger partial charge < -0.3 is 15.2 Å². The van der Waals surface area contributed by atoms with Crippen molar-refractivity contribution in [1.29, 1.82) is 0 Å². The number of nitrogens with zero attached hydrogens (tertiary/aromatic N) is 1. The molecule has 0 saturated heterocycles. The minimum Gasteiger partial charge on any atom is -0.486 e. The van der Waals surface area contributed by atoms with E-state index in [-0.39, 0.29) is 12.6 Å². The van der Waals surface area contributed by atoms with Crippen LogP contribution in [0.2, 0.25) is 0 Å². The lowest BCUT2D eigenvalue weighted by atomic mass is 10.4. The Bertz CT molecular complexity index is 377. The van der Waals surface area contributed by atoms with Gasteiger partial charge in [-0.1, -0.05) is 0 Å². The number of aromatic nitrogens is 1. The van der Waals surface area contributed by atoms with Gasteiger partial charge >= 0.3 is 5.97 Å². The van der Waals surface area contributed by atoms with Crippen molar-refractivity contribution in [2.75, 3.05) is 18.9 Å². The highest BCUT2D eigenvalue weighted by Crippen LogP contribution is 2.16. The summed E-state index contributed by atoms with van der Waals surface area (Å²) < 4.78 is 9.98. The predicted molar refractivity (Wildman–Crippen MR) is 59.9 cm³/mol. The molecule has 5 nitrogen and oxygen atoms in total. The van der Waals surface area contributed by atoms with Crippen LogP contribution < -0.4 is 10.5 Å². The third-order valence-electron chi connectivity index (χ3n) is 1.68. The zero-order valence-electron chi connectivity index (χ0n) is 9.05. The van der Waals surface area contributed by atoms with Crippen LogP contribution in [-0.2, 0) is 9.53 Å². The quantitative estimate of drug-likeness (QED) is 0.597. The number of hydrogen-bond donors (Lipinski definition) is 1. The fourth-order valence-corrected chi connectivity index (χ4v) is 0.997. The van der Waals surface area contributed by atoms with Crippen LogP contribution in [0.15, 0.2) is 30.5 Å². The Balaban J connectivity index is 2.36. The number of hydrogen-bond acceptors (Lipinski definition) is 5. The minimum absolute atomic E-state index is 0.245. The van der Waals surface area contributed by atoms with Crippen molar-refractivity contribution in [3.63, 3.8) is 0 Å².